The Labute approximate surface area is 85.0 Å². The molecule has 0 aromatic rings. The van der Waals surface area contributed by atoms with E-state index in [9.17, 15) is 4.79 Å². The van der Waals surface area contributed by atoms with Crippen LogP contribution in [0.3, 0.4) is 0 Å². The molecule has 1 heterocycles. The van der Waals surface area contributed by atoms with Gasteiger partial charge in [0.2, 0.25) is 0 Å². The summed E-state index contributed by atoms with van der Waals surface area (Å²) in [5.74, 6) is 0.304. The summed E-state index contributed by atoms with van der Waals surface area (Å²) in [5, 5.41) is 3.22. The minimum Gasteiger partial charge on any atom is -0.468 e. The maximum Gasteiger partial charge on any atom is 0.322 e. The second kappa shape index (κ2) is 5.32. The van der Waals surface area contributed by atoms with E-state index in [1.54, 1.807) is 0 Å². The van der Waals surface area contributed by atoms with E-state index in [4.69, 9.17) is 4.74 Å². The van der Waals surface area contributed by atoms with Gasteiger partial charge in [0.05, 0.1) is 13.7 Å². The molecule has 0 aromatic heterocycles. The van der Waals surface area contributed by atoms with Crippen LogP contribution in [0.4, 0.5) is 0 Å². The molecule has 0 amide bonds. The van der Waals surface area contributed by atoms with Crippen molar-refractivity contribution in [2.75, 3.05) is 20.3 Å². The van der Waals surface area contributed by atoms with Crippen molar-refractivity contribution < 1.29 is 14.3 Å². The standard InChI is InChI=1S/C10H19NO3/c1-7(9-4-5-14-6-9)11-8(2)10(12)13-3/h7-9,11H,4-6H2,1-3H3. The van der Waals surface area contributed by atoms with Gasteiger partial charge in [0.1, 0.15) is 6.04 Å². The average Bonchev–Trinajstić information content (AvgIpc) is 2.69. The minimum atomic E-state index is -0.240. The molecule has 1 saturated heterocycles. The molecule has 0 aromatic carbocycles. The zero-order valence-corrected chi connectivity index (χ0v) is 9.08. The largest absolute Gasteiger partial charge is 0.468 e. The molecular weight excluding hydrogens is 182 g/mol. The van der Waals surface area contributed by atoms with Gasteiger partial charge < -0.3 is 14.8 Å². The number of carbonyl (C=O) groups is 1. The second-order valence-electron chi connectivity index (χ2n) is 3.82. The Morgan fingerprint density at radius 3 is 2.79 bits per heavy atom. The lowest BCUT2D eigenvalue weighted by Crippen LogP contribution is -2.44. The van der Waals surface area contributed by atoms with E-state index in [1.165, 1.54) is 7.11 Å². The third kappa shape index (κ3) is 2.96. The molecule has 4 nitrogen and oxygen atoms in total. The number of carbonyl (C=O) groups excluding carboxylic acids is 1. The highest BCUT2D eigenvalue weighted by atomic mass is 16.5. The van der Waals surface area contributed by atoms with Crippen molar-refractivity contribution in [2.24, 2.45) is 5.92 Å². The van der Waals surface area contributed by atoms with Crippen LogP contribution >= 0.6 is 0 Å². The molecule has 1 N–H and O–H groups in total. The van der Waals surface area contributed by atoms with Crippen LogP contribution in [0.2, 0.25) is 0 Å². The summed E-state index contributed by atoms with van der Waals surface area (Å²) in [4.78, 5) is 11.1. The van der Waals surface area contributed by atoms with E-state index in [2.05, 4.69) is 17.0 Å². The van der Waals surface area contributed by atoms with Crippen LogP contribution in [0.15, 0.2) is 0 Å². The van der Waals surface area contributed by atoms with Gasteiger partial charge in [0.25, 0.3) is 0 Å². The normalized spacial score (nSPS) is 25.8. The summed E-state index contributed by atoms with van der Waals surface area (Å²) in [5.41, 5.74) is 0. The third-order valence-electron chi connectivity index (χ3n) is 2.74. The SMILES string of the molecule is COC(=O)C(C)NC(C)C1CCOC1. The van der Waals surface area contributed by atoms with Crippen molar-refractivity contribution in [1.82, 2.24) is 5.32 Å². The highest BCUT2D eigenvalue weighted by Crippen LogP contribution is 2.16. The average molecular weight is 201 g/mol. The first-order valence-electron chi connectivity index (χ1n) is 5.06. The van der Waals surface area contributed by atoms with E-state index in [0.717, 1.165) is 19.6 Å². The number of esters is 1. The molecule has 14 heavy (non-hydrogen) atoms. The zero-order valence-electron chi connectivity index (χ0n) is 9.08. The van der Waals surface area contributed by atoms with Crippen molar-refractivity contribution in [3.05, 3.63) is 0 Å². The maximum atomic E-state index is 11.1. The molecule has 0 spiro atoms. The lowest BCUT2D eigenvalue weighted by atomic mass is 10.00. The second-order valence-corrected chi connectivity index (χ2v) is 3.82. The molecule has 0 aliphatic carbocycles. The molecule has 0 radical (unpaired) electrons. The number of hydrogen-bond acceptors (Lipinski definition) is 4. The first-order valence-corrected chi connectivity index (χ1v) is 5.06. The van der Waals surface area contributed by atoms with Gasteiger partial charge in [-0.05, 0) is 26.2 Å². The van der Waals surface area contributed by atoms with Gasteiger partial charge in [0.15, 0.2) is 0 Å². The zero-order chi connectivity index (χ0) is 10.6. The van der Waals surface area contributed by atoms with Crippen LogP contribution in [-0.4, -0.2) is 38.4 Å². The summed E-state index contributed by atoms with van der Waals surface area (Å²) in [6, 6.07) is 0.0576. The Kier molecular flexibility index (Phi) is 4.35. The van der Waals surface area contributed by atoms with Crippen molar-refractivity contribution >= 4 is 5.97 Å². The third-order valence-corrected chi connectivity index (χ3v) is 2.74. The van der Waals surface area contributed by atoms with Gasteiger partial charge >= 0.3 is 5.97 Å². The van der Waals surface area contributed by atoms with Crippen molar-refractivity contribution in [3.8, 4) is 0 Å². The first-order chi connectivity index (χ1) is 6.65. The molecule has 0 saturated carbocycles. The summed E-state index contributed by atoms with van der Waals surface area (Å²) in [7, 11) is 1.41. The Balaban J connectivity index is 2.31. The van der Waals surface area contributed by atoms with E-state index in [1.807, 2.05) is 6.92 Å². The number of rotatable bonds is 4. The predicted molar refractivity (Wildman–Crippen MR) is 53.0 cm³/mol. The van der Waals surface area contributed by atoms with Crippen LogP contribution in [0, 0.1) is 5.92 Å². The fourth-order valence-corrected chi connectivity index (χ4v) is 1.72. The molecule has 1 fully saturated rings. The molecule has 4 heteroatoms. The van der Waals surface area contributed by atoms with Crippen molar-refractivity contribution in [2.45, 2.75) is 32.4 Å². The van der Waals surface area contributed by atoms with Crippen LogP contribution in [-0.2, 0) is 14.3 Å². The molecule has 3 unspecified atom stereocenters. The summed E-state index contributed by atoms with van der Waals surface area (Å²) in [6.45, 7) is 5.53. The number of methoxy groups -OCH3 is 1. The lowest BCUT2D eigenvalue weighted by molar-refractivity contribution is -0.142. The lowest BCUT2D eigenvalue weighted by Gasteiger charge is -2.22. The number of nitrogens with one attached hydrogen (secondary N) is 1. The van der Waals surface area contributed by atoms with Crippen molar-refractivity contribution in [1.29, 1.82) is 0 Å². The Bertz CT molecular complexity index is 190. The molecule has 82 valence electrons. The van der Waals surface area contributed by atoms with Crippen LogP contribution in [0.1, 0.15) is 20.3 Å². The molecular formula is C10H19NO3. The fourth-order valence-electron chi connectivity index (χ4n) is 1.72. The van der Waals surface area contributed by atoms with E-state index >= 15 is 0 Å². The van der Waals surface area contributed by atoms with E-state index in [0.29, 0.717) is 12.0 Å². The fraction of sp³-hybridized carbons (Fsp3) is 0.900. The molecule has 1 rings (SSSR count). The van der Waals surface area contributed by atoms with Gasteiger partial charge in [-0.3, -0.25) is 4.79 Å². The topological polar surface area (TPSA) is 47.6 Å². The monoisotopic (exact) mass is 201 g/mol. The molecule has 1 aliphatic heterocycles. The van der Waals surface area contributed by atoms with Gasteiger partial charge in [0, 0.05) is 12.6 Å². The molecule has 1 aliphatic rings. The molecule has 3 atom stereocenters. The predicted octanol–water partition coefficient (Wildman–Crippen LogP) is 0.562. The van der Waals surface area contributed by atoms with Crippen LogP contribution in [0.25, 0.3) is 0 Å². The summed E-state index contributed by atoms with van der Waals surface area (Å²) in [6.07, 6.45) is 1.07. The maximum absolute atomic E-state index is 11.1. The summed E-state index contributed by atoms with van der Waals surface area (Å²) >= 11 is 0. The van der Waals surface area contributed by atoms with Crippen molar-refractivity contribution in [3.63, 3.8) is 0 Å². The van der Waals surface area contributed by atoms with E-state index in [-0.39, 0.29) is 12.0 Å². The minimum absolute atomic E-state index is 0.212. The first kappa shape index (κ1) is 11.5. The quantitative estimate of drug-likeness (QED) is 0.675. The smallest absolute Gasteiger partial charge is 0.322 e. The number of hydrogen-bond donors (Lipinski definition) is 1. The van der Waals surface area contributed by atoms with E-state index < -0.39 is 0 Å². The van der Waals surface area contributed by atoms with Crippen LogP contribution < -0.4 is 5.32 Å². The van der Waals surface area contributed by atoms with Gasteiger partial charge in [-0.1, -0.05) is 0 Å². The highest BCUT2D eigenvalue weighted by molar-refractivity contribution is 5.75. The Morgan fingerprint density at radius 1 is 1.57 bits per heavy atom. The van der Waals surface area contributed by atoms with Gasteiger partial charge in [-0.25, -0.2) is 0 Å². The highest BCUT2D eigenvalue weighted by Gasteiger charge is 2.25. The summed E-state index contributed by atoms with van der Waals surface area (Å²) < 4.78 is 9.93. The molecule has 0 bridgehead atoms. The van der Waals surface area contributed by atoms with Crippen LogP contribution in [0.5, 0.6) is 0 Å². The number of ether oxygens (including phenoxy) is 2. The van der Waals surface area contributed by atoms with Gasteiger partial charge in [-0.2, -0.15) is 0 Å². The Hall–Kier alpha value is -0.610. The van der Waals surface area contributed by atoms with Gasteiger partial charge in [-0.15, -0.1) is 0 Å². The Morgan fingerprint density at radius 2 is 2.29 bits per heavy atom.